The van der Waals surface area contributed by atoms with E-state index in [9.17, 15) is 19.3 Å². The summed E-state index contributed by atoms with van der Waals surface area (Å²) >= 11 is 0. The third-order valence-corrected chi connectivity index (χ3v) is 7.02. The van der Waals surface area contributed by atoms with Crippen molar-refractivity contribution in [1.29, 1.82) is 0 Å². The largest absolute Gasteiger partial charge is 0.462 e. The third-order valence-electron chi connectivity index (χ3n) is 5.40. The highest BCUT2D eigenvalue weighted by atomic mass is 31.2. The van der Waals surface area contributed by atoms with E-state index in [-0.39, 0.29) is 11.6 Å². The normalized spacial score (nSPS) is 28.0. The molecule has 0 aliphatic carbocycles. The standard InChI is InChI=1S/C22H31FN5O8P/c1-13(2)34-17(29)14(3)27-37(32,36-15-8-6-5-7-9-15)33-12-22(23)18(30)21(4,25)19(35-22)28-11-10-16(24)26-20(28)31/h5-11,13-14,18-19,30H,12,25H2,1-4H3,(H,27,32)(H2,24,26,31)/t14?,18-,19?,21+,22+,37?/m0/s1. The van der Waals surface area contributed by atoms with Crippen LogP contribution in [-0.4, -0.2) is 56.9 Å². The van der Waals surface area contributed by atoms with E-state index in [4.69, 9.17) is 30.0 Å². The first-order valence-electron chi connectivity index (χ1n) is 11.3. The summed E-state index contributed by atoms with van der Waals surface area (Å²) in [6.07, 6.45) is -2.84. The van der Waals surface area contributed by atoms with Crippen LogP contribution in [0.1, 0.15) is 33.9 Å². The van der Waals surface area contributed by atoms with Crippen LogP contribution in [0.3, 0.4) is 0 Å². The molecule has 1 aliphatic rings. The highest BCUT2D eigenvalue weighted by Crippen LogP contribution is 2.49. The van der Waals surface area contributed by atoms with E-state index in [1.807, 2.05) is 0 Å². The Kier molecular flexibility index (Phi) is 8.42. The van der Waals surface area contributed by atoms with Crippen LogP contribution in [0.15, 0.2) is 47.4 Å². The molecular formula is C22H31FN5O8P. The van der Waals surface area contributed by atoms with Crippen molar-refractivity contribution in [2.24, 2.45) is 5.73 Å². The highest BCUT2D eigenvalue weighted by molar-refractivity contribution is 7.52. The molecule has 13 nitrogen and oxygen atoms in total. The van der Waals surface area contributed by atoms with Gasteiger partial charge in [-0.25, -0.2) is 13.8 Å². The number of ether oxygens (including phenoxy) is 2. The van der Waals surface area contributed by atoms with Gasteiger partial charge in [-0.15, -0.1) is 0 Å². The molecule has 0 bridgehead atoms. The van der Waals surface area contributed by atoms with Crippen LogP contribution >= 0.6 is 7.75 Å². The molecule has 204 valence electrons. The summed E-state index contributed by atoms with van der Waals surface area (Å²) in [4.78, 5) is 28.1. The molecule has 3 rings (SSSR count). The Labute approximate surface area is 212 Å². The number of halogens is 1. The third kappa shape index (κ3) is 6.53. The van der Waals surface area contributed by atoms with Gasteiger partial charge in [0.05, 0.1) is 11.6 Å². The number of rotatable bonds is 10. The Hall–Kier alpha value is -2.87. The lowest BCUT2D eigenvalue weighted by Crippen LogP contribution is -2.55. The average Bonchev–Trinajstić information content (AvgIpc) is 2.98. The second-order valence-electron chi connectivity index (χ2n) is 9.08. The van der Waals surface area contributed by atoms with Gasteiger partial charge in [0.25, 0.3) is 5.85 Å². The average molecular weight is 543 g/mol. The molecule has 2 aromatic rings. The van der Waals surface area contributed by atoms with E-state index in [0.717, 1.165) is 4.57 Å². The first kappa shape index (κ1) is 28.7. The number of nitrogens with two attached hydrogens (primary N) is 2. The number of carbonyl (C=O) groups is 1. The number of aliphatic hydroxyl groups excluding tert-OH is 1. The summed E-state index contributed by atoms with van der Waals surface area (Å²) in [6, 6.07) is 7.89. The summed E-state index contributed by atoms with van der Waals surface area (Å²) in [7, 11) is -4.49. The van der Waals surface area contributed by atoms with Crippen LogP contribution in [0.4, 0.5) is 10.2 Å². The van der Waals surface area contributed by atoms with Crippen LogP contribution in [0.2, 0.25) is 0 Å². The molecule has 1 fully saturated rings. The van der Waals surface area contributed by atoms with Crippen LogP contribution < -0.4 is 26.8 Å². The first-order valence-corrected chi connectivity index (χ1v) is 12.9. The highest BCUT2D eigenvalue weighted by Gasteiger charge is 2.62. The fourth-order valence-electron chi connectivity index (χ4n) is 3.56. The van der Waals surface area contributed by atoms with E-state index in [1.54, 1.807) is 32.0 Å². The van der Waals surface area contributed by atoms with Crippen molar-refractivity contribution < 1.29 is 37.4 Å². The summed E-state index contributed by atoms with van der Waals surface area (Å²) < 4.78 is 51.7. The van der Waals surface area contributed by atoms with E-state index in [0.29, 0.717) is 0 Å². The Morgan fingerprint density at radius 1 is 1.32 bits per heavy atom. The van der Waals surface area contributed by atoms with Gasteiger partial charge in [0.15, 0.2) is 6.23 Å². The van der Waals surface area contributed by atoms with Crippen molar-refractivity contribution in [3.63, 3.8) is 0 Å². The van der Waals surface area contributed by atoms with Crippen LogP contribution in [-0.2, 0) is 23.4 Å². The van der Waals surface area contributed by atoms with Crippen molar-refractivity contribution in [1.82, 2.24) is 14.6 Å². The van der Waals surface area contributed by atoms with Crippen molar-refractivity contribution >= 4 is 19.5 Å². The number of anilines is 1. The maximum Gasteiger partial charge on any atom is 0.459 e. The molecule has 0 spiro atoms. The quantitative estimate of drug-likeness (QED) is 0.248. The van der Waals surface area contributed by atoms with Crippen molar-refractivity contribution in [2.75, 3.05) is 12.3 Å². The molecule has 37 heavy (non-hydrogen) atoms. The van der Waals surface area contributed by atoms with Crippen LogP contribution in [0.5, 0.6) is 5.75 Å². The molecule has 1 saturated heterocycles. The fraction of sp³-hybridized carbons (Fsp3) is 0.500. The summed E-state index contributed by atoms with van der Waals surface area (Å²) in [5, 5.41) is 13.1. The lowest BCUT2D eigenvalue weighted by Gasteiger charge is -2.29. The predicted molar refractivity (Wildman–Crippen MR) is 130 cm³/mol. The van der Waals surface area contributed by atoms with E-state index in [2.05, 4.69) is 10.1 Å². The minimum Gasteiger partial charge on any atom is -0.462 e. The molecule has 0 amide bonds. The Balaban J connectivity index is 1.85. The number of hydrogen-bond acceptors (Lipinski definition) is 11. The zero-order valence-corrected chi connectivity index (χ0v) is 21.6. The van der Waals surface area contributed by atoms with E-state index in [1.165, 1.54) is 38.2 Å². The van der Waals surface area contributed by atoms with Gasteiger partial charge in [0.1, 0.15) is 30.3 Å². The van der Waals surface area contributed by atoms with Crippen LogP contribution in [0, 0.1) is 0 Å². The number of alkyl halides is 1. The molecule has 1 aromatic carbocycles. The van der Waals surface area contributed by atoms with Crippen molar-refractivity contribution in [2.45, 2.75) is 63.6 Å². The van der Waals surface area contributed by atoms with Gasteiger partial charge in [-0.3, -0.25) is 13.9 Å². The fourth-order valence-corrected chi connectivity index (χ4v) is 5.06. The number of esters is 1. The summed E-state index contributed by atoms with van der Waals surface area (Å²) in [5.41, 5.74) is 8.89. The molecule has 3 unspecified atom stereocenters. The number of hydrogen-bond donors (Lipinski definition) is 4. The number of nitrogen functional groups attached to an aromatic ring is 1. The second-order valence-corrected chi connectivity index (χ2v) is 10.8. The van der Waals surface area contributed by atoms with Gasteiger partial charge < -0.3 is 30.6 Å². The lowest BCUT2D eigenvalue weighted by atomic mass is 9.92. The molecule has 1 aliphatic heterocycles. The van der Waals surface area contributed by atoms with Crippen molar-refractivity contribution in [3.05, 3.63) is 53.1 Å². The van der Waals surface area contributed by atoms with Crippen LogP contribution in [0.25, 0.3) is 0 Å². The molecule has 15 heteroatoms. The lowest BCUT2D eigenvalue weighted by molar-refractivity contribution is -0.203. The van der Waals surface area contributed by atoms with E-state index < -0.39 is 61.9 Å². The maximum absolute atomic E-state index is 16.0. The second kappa shape index (κ2) is 10.9. The number of aliphatic hydroxyl groups is 1. The molecule has 1 aromatic heterocycles. The van der Waals surface area contributed by atoms with Gasteiger partial charge in [0, 0.05) is 6.20 Å². The smallest absolute Gasteiger partial charge is 0.459 e. The maximum atomic E-state index is 16.0. The van der Waals surface area contributed by atoms with Gasteiger partial charge >= 0.3 is 19.4 Å². The minimum absolute atomic E-state index is 0.0800. The SMILES string of the molecule is CC(C)OC(=O)C(C)NP(=O)(OC[C@@]1(F)OC(n2ccc(N)nc2=O)[C@](C)(N)[C@@H]1O)Oc1ccccc1. The summed E-state index contributed by atoms with van der Waals surface area (Å²) in [5.74, 6) is -3.80. The molecule has 0 radical (unpaired) electrons. The molecular weight excluding hydrogens is 512 g/mol. The Morgan fingerprint density at radius 2 is 1.97 bits per heavy atom. The molecule has 0 saturated carbocycles. The minimum atomic E-state index is -4.49. The van der Waals surface area contributed by atoms with Gasteiger partial charge in [-0.05, 0) is 45.9 Å². The zero-order chi connectivity index (χ0) is 27.6. The molecule has 6 atom stereocenters. The van der Waals surface area contributed by atoms with Crippen molar-refractivity contribution in [3.8, 4) is 5.75 Å². The number of aromatic nitrogens is 2. The number of para-hydroxylation sites is 1. The van der Waals surface area contributed by atoms with E-state index >= 15 is 4.39 Å². The number of carbonyl (C=O) groups excluding carboxylic acids is 1. The zero-order valence-electron chi connectivity index (χ0n) is 20.7. The Morgan fingerprint density at radius 3 is 2.57 bits per heavy atom. The Bertz CT molecular complexity index is 1210. The molecule has 6 N–H and O–H groups in total. The summed E-state index contributed by atoms with van der Waals surface area (Å²) in [6.45, 7) is 4.73. The number of nitrogens with one attached hydrogen (secondary N) is 1. The van der Waals surface area contributed by atoms with Gasteiger partial charge in [-0.2, -0.15) is 10.1 Å². The van der Waals surface area contributed by atoms with Gasteiger partial charge in [0.2, 0.25) is 0 Å². The molecule has 2 heterocycles. The monoisotopic (exact) mass is 543 g/mol. The topological polar surface area (TPSA) is 190 Å². The first-order chi connectivity index (χ1) is 17.2. The number of benzene rings is 1. The predicted octanol–water partition coefficient (Wildman–Crippen LogP) is 1.23. The van der Waals surface area contributed by atoms with Gasteiger partial charge in [-0.1, -0.05) is 18.2 Å². The number of nitrogens with zero attached hydrogens (tertiary/aromatic N) is 2.